The molecule has 0 bridgehead atoms. The zero-order valence-corrected chi connectivity index (χ0v) is 9.13. The molecule has 0 saturated carbocycles. The van der Waals surface area contributed by atoms with Crippen molar-refractivity contribution in [2.45, 2.75) is 6.92 Å². The second-order valence-electron chi connectivity index (χ2n) is 2.40. The molecule has 0 spiro atoms. The van der Waals surface area contributed by atoms with E-state index in [0.29, 0.717) is 5.11 Å². The predicted molar refractivity (Wildman–Crippen MR) is 61.3 cm³/mol. The Labute approximate surface area is 86.9 Å². The summed E-state index contributed by atoms with van der Waals surface area (Å²) in [6, 6.07) is 2.02. The maximum atomic E-state index is 4.88. The monoisotopic (exact) mass is 213 g/mol. The van der Waals surface area contributed by atoms with Gasteiger partial charge in [0.05, 0.1) is 5.71 Å². The molecule has 0 aliphatic heterocycles. The molecule has 1 aromatic heterocycles. The lowest BCUT2D eigenvalue weighted by atomic mass is 10.2. The highest BCUT2D eigenvalue weighted by Gasteiger charge is 1.96. The van der Waals surface area contributed by atoms with Crippen LogP contribution in [0.1, 0.15) is 12.5 Å². The minimum absolute atomic E-state index is 0.523. The van der Waals surface area contributed by atoms with Gasteiger partial charge in [-0.2, -0.15) is 16.4 Å². The van der Waals surface area contributed by atoms with Crippen LogP contribution in [-0.4, -0.2) is 17.9 Å². The van der Waals surface area contributed by atoms with Gasteiger partial charge in [0.25, 0.3) is 0 Å². The molecule has 5 heteroatoms. The van der Waals surface area contributed by atoms with Crippen LogP contribution < -0.4 is 10.7 Å². The summed E-state index contributed by atoms with van der Waals surface area (Å²) in [5, 5.41) is 11.5. The highest BCUT2D eigenvalue weighted by molar-refractivity contribution is 7.80. The summed E-state index contributed by atoms with van der Waals surface area (Å²) in [5.41, 5.74) is 4.78. The molecule has 0 aliphatic carbocycles. The van der Waals surface area contributed by atoms with Gasteiger partial charge in [0, 0.05) is 12.6 Å². The molecule has 3 nitrogen and oxygen atoms in total. The Balaban J connectivity index is 2.57. The first-order valence-electron chi connectivity index (χ1n) is 3.78. The van der Waals surface area contributed by atoms with Crippen molar-refractivity contribution in [3.8, 4) is 0 Å². The zero-order chi connectivity index (χ0) is 9.68. The van der Waals surface area contributed by atoms with Crippen LogP contribution in [0.25, 0.3) is 0 Å². The maximum Gasteiger partial charge on any atom is 0.186 e. The lowest BCUT2D eigenvalue weighted by molar-refractivity contribution is 0.974. The third-order valence-corrected chi connectivity index (χ3v) is 2.47. The van der Waals surface area contributed by atoms with Gasteiger partial charge in [-0.15, -0.1) is 0 Å². The van der Waals surface area contributed by atoms with E-state index in [9.17, 15) is 0 Å². The van der Waals surface area contributed by atoms with Gasteiger partial charge < -0.3 is 5.32 Å². The first-order valence-corrected chi connectivity index (χ1v) is 5.13. The van der Waals surface area contributed by atoms with Crippen molar-refractivity contribution in [3.63, 3.8) is 0 Å². The average Bonchev–Trinajstić information content (AvgIpc) is 2.66. The number of rotatable bonds is 2. The molecule has 1 heterocycles. The summed E-state index contributed by atoms with van der Waals surface area (Å²) in [7, 11) is 1.75. The van der Waals surface area contributed by atoms with Crippen molar-refractivity contribution in [3.05, 3.63) is 22.4 Å². The third kappa shape index (κ3) is 3.12. The molecule has 70 valence electrons. The molecule has 0 aromatic carbocycles. The molecular formula is C8H11N3S2. The van der Waals surface area contributed by atoms with Crippen molar-refractivity contribution in [2.75, 3.05) is 7.05 Å². The Morgan fingerprint density at radius 3 is 2.92 bits per heavy atom. The SMILES string of the molecule is CNC(=S)N/N=C(/C)c1ccsc1. The fourth-order valence-electron chi connectivity index (χ4n) is 0.725. The molecule has 0 amide bonds. The van der Waals surface area contributed by atoms with E-state index in [4.69, 9.17) is 12.2 Å². The van der Waals surface area contributed by atoms with Crippen LogP contribution in [0.15, 0.2) is 21.9 Å². The molecule has 0 fully saturated rings. The Bertz CT molecular complexity index is 303. The van der Waals surface area contributed by atoms with E-state index in [1.54, 1.807) is 18.4 Å². The summed E-state index contributed by atoms with van der Waals surface area (Å²) < 4.78 is 0. The highest BCUT2D eigenvalue weighted by atomic mass is 32.1. The summed E-state index contributed by atoms with van der Waals surface area (Å²) in [5.74, 6) is 0. The van der Waals surface area contributed by atoms with Crippen LogP contribution in [0.5, 0.6) is 0 Å². The molecule has 1 aromatic rings. The molecule has 0 atom stereocenters. The van der Waals surface area contributed by atoms with Crippen molar-refractivity contribution in [1.82, 2.24) is 10.7 Å². The second-order valence-corrected chi connectivity index (χ2v) is 3.59. The smallest absolute Gasteiger partial charge is 0.186 e. The topological polar surface area (TPSA) is 36.4 Å². The lowest BCUT2D eigenvalue weighted by Crippen LogP contribution is -2.29. The van der Waals surface area contributed by atoms with Gasteiger partial charge in [0.1, 0.15) is 0 Å². The molecule has 2 N–H and O–H groups in total. The van der Waals surface area contributed by atoms with Gasteiger partial charge in [-0.25, -0.2) is 0 Å². The van der Waals surface area contributed by atoms with Gasteiger partial charge in [-0.1, -0.05) is 0 Å². The van der Waals surface area contributed by atoms with Gasteiger partial charge in [0.15, 0.2) is 5.11 Å². The van der Waals surface area contributed by atoms with Crippen LogP contribution in [0.3, 0.4) is 0 Å². The number of hydrogen-bond donors (Lipinski definition) is 2. The molecule has 13 heavy (non-hydrogen) atoms. The van der Waals surface area contributed by atoms with E-state index in [-0.39, 0.29) is 0 Å². The second kappa shape index (κ2) is 4.94. The van der Waals surface area contributed by atoms with Crippen molar-refractivity contribution in [1.29, 1.82) is 0 Å². The van der Waals surface area contributed by atoms with E-state index < -0.39 is 0 Å². The largest absolute Gasteiger partial charge is 0.364 e. The zero-order valence-electron chi connectivity index (χ0n) is 7.50. The number of thiophene rings is 1. The van der Waals surface area contributed by atoms with Crippen LogP contribution in [0, 0.1) is 0 Å². The summed E-state index contributed by atoms with van der Waals surface area (Å²) in [6.07, 6.45) is 0. The summed E-state index contributed by atoms with van der Waals surface area (Å²) >= 11 is 6.53. The molecule has 0 radical (unpaired) electrons. The number of hydrogen-bond acceptors (Lipinski definition) is 3. The van der Waals surface area contributed by atoms with Crippen molar-refractivity contribution >= 4 is 34.4 Å². The summed E-state index contributed by atoms with van der Waals surface area (Å²) in [6.45, 7) is 1.94. The predicted octanol–water partition coefficient (Wildman–Crippen LogP) is 1.57. The lowest BCUT2D eigenvalue weighted by Gasteiger charge is -2.01. The van der Waals surface area contributed by atoms with E-state index in [1.807, 2.05) is 23.8 Å². The highest BCUT2D eigenvalue weighted by Crippen LogP contribution is 2.06. The standard InChI is InChI=1S/C8H11N3S2/c1-6(7-3-4-13-5-7)10-11-8(12)9-2/h3-5H,1-2H3,(H2,9,11,12)/b10-6-. The quantitative estimate of drug-likeness (QED) is 0.445. The van der Waals surface area contributed by atoms with Gasteiger partial charge in [-0.3, -0.25) is 5.43 Å². The van der Waals surface area contributed by atoms with Crippen LogP contribution in [0.4, 0.5) is 0 Å². The molecular weight excluding hydrogens is 202 g/mol. The summed E-state index contributed by atoms with van der Waals surface area (Å²) in [4.78, 5) is 0. The molecule has 0 aliphatic rings. The van der Waals surface area contributed by atoms with Gasteiger partial charge in [0.2, 0.25) is 0 Å². The Morgan fingerprint density at radius 2 is 2.38 bits per heavy atom. The number of hydrazone groups is 1. The molecule has 0 unspecified atom stereocenters. The number of thiocarbonyl (C=S) groups is 1. The van der Waals surface area contributed by atoms with Crippen LogP contribution >= 0.6 is 23.6 Å². The normalized spacial score (nSPS) is 11.1. The molecule has 0 saturated heterocycles. The van der Waals surface area contributed by atoms with E-state index in [2.05, 4.69) is 15.8 Å². The van der Waals surface area contributed by atoms with Crippen LogP contribution in [0.2, 0.25) is 0 Å². The van der Waals surface area contributed by atoms with E-state index in [1.165, 1.54) is 0 Å². The first-order chi connectivity index (χ1) is 6.24. The first kappa shape index (κ1) is 10.1. The van der Waals surface area contributed by atoms with Crippen molar-refractivity contribution < 1.29 is 0 Å². The van der Waals surface area contributed by atoms with Crippen molar-refractivity contribution in [2.24, 2.45) is 5.10 Å². The molecule has 1 rings (SSSR count). The van der Waals surface area contributed by atoms with E-state index in [0.717, 1.165) is 11.3 Å². The average molecular weight is 213 g/mol. The minimum Gasteiger partial charge on any atom is -0.364 e. The Kier molecular flexibility index (Phi) is 3.85. The van der Waals surface area contributed by atoms with Gasteiger partial charge >= 0.3 is 0 Å². The maximum absolute atomic E-state index is 4.88. The Morgan fingerprint density at radius 1 is 1.62 bits per heavy atom. The van der Waals surface area contributed by atoms with Gasteiger partial charge in [-0.05, 0) is 36.0 Å². The fourth-order valence-corrected chi connectivity index (χ4v) is 1.47. The minimum atomic E-state index is 0.523. The third-order valence-electron chi connectivity index (χ3n) is 1.49. The number of nitrogens with zero attached hydrogens (tertiary/aromatic N) is 1. The Hall–Kier alpha value is -0.940. The number of nitrogens with one attached hydrogen (secondary N) is 2. The van der Waals surface area contributed by atoms with E-state index >= 15 is 0 Å². The van der Waals surface area contributed by atoms with Crippen LogP contribution in [-0.2, 0) is 0 Å². The fraction of sp³-hybridized carbons (Fsp3) is 0.250.